The number of carbonyl (C=O) groups is 1. The summed E-state index contributed by atoms with van der Waals surface area (Å²) in [5, 5.41) is 2.80. The first-order chi connectivity index (χ1) is 9.82. The molecule has 1 aliphatic heterocycles. The Morgan fingerprint density at radius 2 is 2.24 bits per heavy atom. The van der Waals surface area contributed by atoms with Crippen LogP contribution in [0, 0.1) is 0 Å². The van der Waals surface area contributed by atoms with Crippen LogP contribution in [0.2, 0.25) is 4.34 Å². The Balaban J connectivity index is 1.69. The van der Waals surface area contributed by atoms with Gasteiger partial charge in [-0.2, -0.15) is 13.2 Å². The fourth-order valence-electron chi connectivity index (χ4n) is 2.37. The Bertz CT molecular complexity index is 492. The van der Waals surface area contributed by atoms with Crippen molar-refractivity contribution in [2.24, 2.45) is 0 Å². The Morgan fingerprint density at radius 3 is 2.86 bits per heavy atom. The van der Waals surface area contributed by atoms with Gasteiger partial charge in [-0.15, -0.1) is 11.3 Å². The van der Waals surface area contributed by atoms with Crippen LogP contribution in [-0.2, 0) is 11.2 Å². The summed E-state index contributed by atoms with van der Waals surface area (Å²) >= 11 is 7.23. The van der Waals surface area contributed by atoms with Crippen molar-refractivity contribution in [1.82, 2.24) is 10.2 Å². The predicted octanol–water partition coefficient (Wildman–Crippen LogP) is 3.09. The average molecular weight is 341 g/mol. The molecule has 2 heterocycles. The van der Waals surface area contributed by atoms with Gasteiger partial charge >= 0.3 is 6.18 Å². The topological polar surface area (TPSA) is 32.3 Å². The molecule has 0 saturated carbocycles. The maximum absolute atomic E-state index is 12.3. The molecule has 118 valence electrons. The van der Waals surface area contributed by atoms with Crippen molar-refractivity contribution in [1.29, 1.82) is 0 Å². The van der Waals surface area contributed by atoms with E-state index in [-0.39, 0.29) is 18.5 Å². The van der Waals surface area contributed by atoms with Crippen LogP contribution in [0.3, 0.4) is 0 Å². The van der Waals surface area contributed by atoms with Gasteiger partial charge in [-0.1, -0.05) is 11.6 Å². The average Bonchev–Trinajstić information content (AvgIpc) is 2.94. The number of thiophene rings is 1. The van der Waals surface area contributed by atoms with Gasteiger partial charge in [0.15, 0.2) is 0 Å². The first-order valence-electron chi connectivity index (χ1n) is 6.64. The molecule has 1 aliphatic rings. The van der Waals surface area contributed by atoms with E-state index in [1.807, 2.05) is 6.07 Å². The highest BCUT2D eigenvalue weighted by Crippen LogP contribution is 2.23. The second kappa shape index (κ2) is 6.98. The predicted molar refractivity (Wildman–Crippen MR) is 76.7 cm³/mol. The van der Waals surface area contributed by atoms with E-state index in [0.717, 1.165) is 4.88 Å². The second-order valence-corrected chi connectivity index (χ2v) is 6.91. The third kappa shape index (κ3) is 5.84. The van der Waals surface area contributed by atoms with E-state index in [1.54, 1.807) is 6.07 Å². The fraction of sp³-hybridized carbons (Fsp3) is 0.615. The van der Waals surface area contributed by atoms with Crippen molar-refractivity contribution in [3.63, 3.8) is 0 Å². The van der Waals surface area contributed by atoms with E-state index >= 15 is 0 Å². The number of rotatable bonds is 5. The van der Waals surface area contributed by atoms with Gasteiger partial charge in [0.05, 0.1) is 10.9 Å². The highest BCUT2D eigenvalue weighted by molar-refractivity contribution is 7.16. The molecule has 1 atom stereocenters. The maximum atomic E-state index is 12.3. The molecule has 21 heavy (non-hydrogen) atoms. The van der Waals surface area contributed by atoms with Gasteiger partial charge in [-0.25, -0.2) is 0 Å². The van der Waals surface area contributed by atoms with Gasteiger partial charge < -0.3 is 5.32 Å². The SMILES string of the molecule is O=C(CCc1ccc(Cl)s1)N[C@@H]1CCN(CC(F)(F)F)C1. The molecule has 0 aliphatic carbocycles. The molecule has 1 N–H and O–H groups in total. The van der Waals surface area contributed by atoms with Crippen LogP contribution in [0.4, 0.5) is 13.2 Å². The molecule has 0 radical (unpaired) electrons. The summed E-state index contributed by atoms with van der Waals surface area (Å²) in [6.07, 6.45) is -2.70. The van der Waals surface area contributed by atoms with Crippen LogP contribution in [0.15, 0.2) is 12.1 Å². The number of nitrogens with zero attached hydrogens (tertiary/aromatic N) is 1. The summed E-state index contributed by atoms with van der Waals surface area (Å²) in [6, 6.07) is 3.47. The molecule has 8 heteroatoms. The van der Waals surface area contributed by atoms with E-state index in [4.69, 9.17) is 11.6 Å². The van der Waals surface area contributed by atoms with E-state index in [2.05, 4.69) is 5.32 Å². The summed E-state index contributed by atoms with van der Waals surface area (Å²) < 4.78 is 37.5. The van der Waals surface area contributed by atoms with Crippen LogP contribution >= 0.6 is 22.9 Å². The summed E-state index contributed by atoms with van der Waals surface area (Å²) in [7, 11) is 0. The second-order valence-electron chi connectivity index (χ2n) is 5.11. The molecule has 1 aromatic rings. The van der Waals surface area contributed by atoms with E-state index in [0.29, 0.717) is 30.1 Å². The molecule has 1 fully saturated rings. The third-order valence-corrected chi connectivity index (χ3v) is 4.56. The quantitative estimate of drug-likeness (QED) is 0.893. The minimum absolute atomic E-state index is 0.126. The molecule has 2 rings (SSSR count). The normalized spacial score (nSPS) is 19.9. The van der Waals surface area contributed by atoms with Crippen LogP contribution in [0.5, 0.6) is 0 Å². The molecule has 1 aromatic heterocycles. The molecular weight excluding hydrogens is 325 g/mol. The lowest BCUT2D eigenvalue weighted by Crippen LogP contribution is -2.39. The standard InChI is InChI=1S/C13H16ClF3N2OS/c14-11-3-1-10(21-11)2-4-12(20)18-9-5-6-19(7-9)8-13(15,16)17/h1,3,9H,2,4-8H2,(H,18,20)/t9-/m1/s1. The zero-order valence-corrected chi connectivity index (χ0v) is 12.8. The number of amides is 1. The minimum Gasteiger partial charge on any atom is -0.352 e. The zero-order chi connectivity index (χ0) is 15.5. The molecule has 0 bridgehead atoms. The Morgan fingerprint density at radius 1 is 1.48 bits per heavy atom. The van der Waals surface area contributed by atoms with Crippen molar-refractivity contribution in [2.45, 2.75) is 31.5 Å². The highest BCUT2D eigenvalue weighted by atomic mass is 35.5. The van der Waals surface area contributed by atoms with E-state index < -0.39 is 12.7 Å². The summed E-state index contributed by atoms with van der Waals surface area (Å²) in [6.45, 7) is -0.284. The van der Waals surface area contributed by atoms with Crippen LogP contribution in [0.1, 0.15) is 17.7 Å². The number of alkyl halides is 3. The monoisotopic (exact) mass is 340 g/mol. The lowest BCUT2D eigenvalue weighted by atomic mass is 10.2. The molecule has 1 saturated heterocycles. The largest absolute Gasteiger partial charge is 0.401 e. The number of likely N-dealkylation sites (tertiary alicyclic amines) is 1. The summed E-state index contributed by atoms with van der Waals surface area (Å²) in [5.74, 6) is -0.126. The minimum atomic E-state index is -4.18. The molecule has 0 spiro atoms. The third-order valence-electron chi connectivity index (χ3n) is 3.27. The zero-order valence-electron chi connectivity index (χ0n) is 11.3. The maximum Gasteiger partial charge on any atom is 0.401 e. The first-order valence-corrected chi connectivity index (χ1v) is 7.84. The van der Waals surface area contributed by atoms with Gasteiger partial charge in [-0.05, 0) is 25.0 Å². The number of nitrogens with one attached hydrogen (secondary N) is 1. The summed E-state index contributed by atoms with van der Waals surface area (Å²) in [5.41, 5.74) is 0. The number of hydrogen-bond acceptors (Lipinski definition) is 3. The highest BCUT2D eigenvalue weighted by Gasteiger charge is 2.34. The number of hydrogen-bond donors (Lipinski definition) is 1. The lowest BCUT2D eigenvalue weighted by molar-refractivity contribution is -0.143. The van der Waals surface area contributed by atoms with Gasteiger partial charge in [0, 0.05) is 30.4 Å². The van der Waals surface area contributed by atoms with Crippen molar-refractivity contribution in [2.75, 3.05) is 19.6 Å². The first kappa shape index (κ1) is 16.6. The number of carbonyl (C=O) groups excluding carboxylic acids is 1. The van der Waals surface area contributed by atoms with Crippen molar-refractivity contribution < 1.29 is 18.0 Å². The summed E-state index contributed by atoms with van der Waals surface area (Å²) in [4.78, 5) is 14.1. The van der Waals surface area contributed by atoms with Gasteiger partial charge in [0.2, 0.25) is 5.91 Å². The van der Waals surface area contributed by atoms with Gasteiger partial charge in [0.1, 0.15) is 0 Å². The Hall–Kier alpha value is -0.790. The van der Waals surface area contributed by atoms with Crippen molar-refractivity contribution in [3.8, 4) is 0 Å². The van der Waals surface area contributed by atoms with Crippen LogP contribution in [0.25, 0.3) is 0 Å². The van der Waals surface area contributed by atoms with E-state index in [9.17, 15) is 18.0 Å². The molecule has 1 amide bonds. The Labute approximate surface area is 130 Å². The van der Waals surface area contributed by atoms with Gasteiger partial charge in [0.25, 0.3) is 0 Å². The van der Waals surface area contributed by atoms with Crippen molar-refractivity contribution in [3.05, 3.63) is 21.3 Å². The number of halogens is 4. The lowest BCUT2D eigenvalue weighted by Gasteiger charge is -2.18. The molecule has 0 aromatic carbocycles. The number of aryl methyl sites for hydroxylation is 1. The molecule has 0 unspecified atom stereocenters. The van der Waals surface area contributed by atoms with Crippen molar-refractivity contribution >= 4 is 28.8 Å². The molecular formula is C13H16ClF3N2OS. The molecule has 3 nitrogen and oxygen atoms in total. The smallest absolute Gasteiger partial charge is 0.352 e. The fourth-order valence-corrected chi connectivity index (χ4v) is 3.46. The van der Waals surface area contributed by atoms with Crippen LogP contribution in [-0.4, -0.2) is 42.7 Å². The van der Waals surface area contributed by atoms with Gasteiger partial charge in [-0.3, -0.25) is 9.69 Å². The van der Waals surface area contributed by atoms with Crippen LogP contribution < -0.4 is 5.32 Å². The Kier molecular flexibility index (Phi) is 5.51. The van der Waals surface area contributed by atoms with E-state index in [1.165, 1.54) is 16.2 Å².